The zero-order chi connectivity index (χ0) is 8.39. The molecule has 0 aliphatic carbocycles. The van der Waals surface area contributed by atoms with Gasteiger partial charge in [-0.15, -0.1) is 21.8 Å². The van der Waals surface area contributed by atoms with Crippen LogP contribution in [0.25, 0.3) is 11.5 Å². The van der Waals surface area contributed by atoms with Crippen molar-refractivity contribution in [3.63, 3.8) is 0 Å². The standard InChI is InChI=1S/C7H5ClN2O2/c8-3-6-9-10-7(12-6)5-1-2-11-4-5/h1-2,4H,3H2. The summed E-state index contributed by atoms with van der Waals surface area (Å²) in [5.41, 5.74) is 0.763. The lowest BCUT2D eigenvalue weighted by Gasteiger charge is -1.83. The summed E-state index contributed by atoms with van der Waals surface area (Å²) in [6.07, 6.45) is 3.07. The summed E-state index contributed by atoms with van der Waals surface area (Å²) in [6.45, 7) is 0. The number of alkyl halides is 1. The fourth-order valence-corrected chi connectivity index (χ4v) is 0.918. The first-order chi connectivity index (χ1) is 5.90. The number of hydrogen-bond donors (Lipinski definition) is 0. The average Bonchev–Trinajstić information content (AvgIpc) is 2.75. The van der Waals surface area contributed by atoms with E-state index in [4.69, 9.17) is 20.4 Å². The maximum absolute atomic E-state index is 5.48. The first kappa shape index (κ1) is 7.36. The fourth-order valence-electron chi connectivity index (χ4n) is 0.810. The summed E-state index contributed by atoms with van der Waals surface area (Å²) < 4.78 is 10.0. The van der Waals surface area contributed by atoms with Crippen LogP contribution in [0.5, 0.6) is 0 Å². The molecule has 0 saturated carbocycles. The molecule has 4 nitrogen and oxygen atoms in total. The highest BCUT2D eigenvalue weighted by Crippen LogP contribution is 2.18. The Morgan fingerprint density at radius 1 is 1.42 bits per heavy atom. The average molecular weight is 185 g/mol. The van der Waals surface area contributed by atoms with E-state index in [0.717, 1.165) is 5.56 Å². The Kier molecular flexibility index (Phi) is 1.83. The van der Waals surface area contributed by atoms with Crippen LogP contribution in [-0.4, -0.2) is 10.2 Å². The minimum atomic E-state index is 0.227. The summed E-state index contributed by atoms with van der Waals surface area (Å²) in [4.78, 5) is 0. The van der Waals surface area contributed by atoms with Crippen molar-refractivity contribution in [1.29, 1.82) is 0 Å². The summed E-state index contributed by atoms with van der Waals surface area (Å²) >= 11 is 5.48. The van der Waals surface area contributed by atoms with E-state index in [1.54, 1.807) is 12.3 Å². The van der Waals surface area contributed by atoms with Gasteiger partial charge < -0.3 is 8.83 Å². The zero-order valence-electron chi connectivity index (χ0n) is 6.03. The lowest BCUT2D eigenvalue weighted by Crippen LogP contribution is -1.74. The van der Waals surface area contributed by atoms with Gasteiger partial charge in [0.1, 0.15) is 12.1 Å². The van der Waals surface area contributed by atoms with Crippen molar-refractivity contribution in [3.8, 4) is 11.5 Å². The number of halogens is 1. The molecule has 2 aromatic rings. The maximum atomic E-state index is 5.48. The summed E-state index contributed by atoms with van der Waals surface area (Å²) in [6, 6.07) is 1.74. The molecule has 62 valence electrons. The third-order valence-electron chi connectivity index (χ3n) is 1.35. The van der Waals surface area contributed by atoms with Crippen LogP contribution in [0.1, 0.15) is 5.89 Å². The van der Waals surface area contributed by atoms with Gasteiger partial charge in [-0.3, -0.25) is 0 Å². The van der Waals surface area contributed by atoms with Crippen LogP contribution in [0.3, 0.4) is 0 Å². The van der Waals surface area contributed by atoms with Gasteiger partial charge in [0.05, 0.1) is 11.8 Å². The molecule has 0 amide bonds. The quantitative estimate of drug-likeness (QED) is 0.671. The number of nitrogens with zero attached hydrogens (tertiary/aromatic N) is 2. The van der Waals surface area contributed by atoms with Gasteiger partial charge in [0.25, 0.3) is 5.89 Å². The maximum Gasteiger partial charge on any atom is 0.251 e. The molecule has 12 heavy (non-hydrogen) atoms. The Labute approximate surface area is 73.2 Å². The first-order valence-electron chi connectivity index (χ1n) is 3.31. The van der Waals surface area contributed by atoms with Gasteiger partial charge in [0, 0.05) is 0 Å². The van der Waals surface area contributed by atoms with E-state index in [1.165, 1.54) is 6.26 Å². The van der Waals surface area contributed by atoms with Crippen molar-refractivity contribution in [2.45, 2.75) is 5.88 Å². The van der Waals surface area contributed by atoms with Crippen LogP contribution in [0, 0.1) is 0 Å². The second-order valence-electron chi connectivity index (χ2n) is 2.15. The van der Waals surface area contributed by atoms with E-state index in [1.807, 2.05) is 0 Å². The van der Waals surface area contributed by atoms with Gasteiger partial charge in [-0.05, 0) is 6.07 Å². The first-order valence-corrected chi connectivity index (χ1v) is 3.84. The SMILES string of the molecule is ClCc1nnc(-c2ccoc2)o1. The molecule has 2 rings (SSSR count). The summed E-state index contributed by atoms with van der Waals surface area (Å²) in [5, 5.41) is 7.47. The Morgan fingerprint density at radius 3 is 2.92 bits per heavy atom. The fraction of sp³-hybridized carbons (Fsp3) is 0.143. The Balaban J connectivity index is 2.35. The topological polar surface area (TPSA) is 52.1 Å². The van der Waals surface area contributed by atoms with Crippen LogP contribution < -0.4 is 0 Å². The molecule has 0 bridgehead atoms. The molecule has 0 atom stereocenters. The second-order valence-corrected chi connectivity index (χ2v) is 2.41. The molecule has 0 unspecified atom stereocenters. The lowest BCUT2D eigenvalue weighted by molar-refractivity contribution is 0.524. The third kappa shape index (κ3) is 1.21. The van der Waals surface area contributed by atoms with Crippen LogP contribution in [0.2, 0.25) is 0 Å². The molecule has 0 aromatic carbocycles. The number of furan rings is 1. The minimum Gasteiger partial charge on any atom is -0.472 e. The molecule has 0 aliphatic heterocycles. The van der Waals surface area contributed by atoms with Crippen molar-refractivity contribution < 1.29 is 8.83 Å². The molecule has 0 saturated heterocycles. The van der Waals surface area contributed by atoms with E-state index in [9.17, 15) is 0 Å². The predicted molar refractivity (Wildman–Crippen MR) is 41.6 cm³/mol. The van der Waals surface area contributed by atoms with Crippen molar-refractivity contribution in [1.82, 2.24) is 10.2 Å². The minimum absolute atomic E-state index is 0.227. The van der Waals surface area contributed by atoms with E-state index in [2.05, 4.69) is 10.2 Å². The van der Waals surface area contributed by atoms with Gasteiger partial charge in [-0.25, -0.2) is 0 Å². The summed E-state index contributed by atoms with van der Waals surface area (Å²) in [5.74, 6) is 1.07. The van der Waals surface area contributed by atoms with Crippen molar-refractivity contribution >= 4 is 11.6 Å². The smallest absolute Gasteiger partial charge is 0.251 e. The highest BCUT2D eigenvalue weighted by Gasteiger charge is 2.07. The number of rotatable bonds is 2. The van der Waals surface area contributed by atoms with Gasteiger partial charge in [0.2, 0.25) is 5.89 Å². The van der Waals surface area contributed by atoms with Gasteiger partial charge in [0.15, 0.2) is 0 Å². The van der Waals surface area contributed by atoms with Gasteiger partial charge in [-0.1, -0.05) is 0 Å². The van der Waals surface area contributed by atoms with Crippen LogP contribution >= 0.6 is 11.6 Å². The monoisotopic (exact) mass is 184 g/mol. The normalized spacial score (nSPS) is 10.4. The molecular formula is C7H5ClN2O2. The van der Waals surface area contributed by atoms with Crippen molar-refractivity contribution in [2.24, 2.45) is 0 Å². The largest absolute Gasteiger partial charge is 0.472 e. The zero-order valence-corrected chi connectivity index (χ0v) is 6.78. The molecular weight excluding hydrogens is 180 g/mol. The van der Waals surface area contributed by atoms with E-state index < -0.39 is 0 Å². The molecule has 0 aliphatic rings. The Hall–Kier alpha value is -1.29. The van der Waals surface area contributed by atoms with E-state index >= 15 is 0 Å². The van der Waals surface area contributed by atoms with Crippen LogP contribution in [-0.2, 0) is 5.88 Å². The van der Waals surface area contributed by atoms with Gasteiger partial charge in [-0.2, -0.15) is 0 Å². The highest BCUT2D eigenvalue weighted by atomic mass is 35.5. The third-order valence-corrected chi connectivity index (χ3v) is 1.58. The molecule has 2 aromatic heterocycles. The Bertz CT molecular complexity index is 355. The van der Waals surface area contributed by atoms with Gasteiger partial charge >= 0.3 is 0 Å². The van der Waals surface area contributed by atoms with E-state index in [-0.39, 0.29) is 5.88 Å². The number of aromatic nitrogens is 2. The lowest BCUT2D eigenvalue weighted by atomic mass is 10.3. The second kappa shape index (κ2) is 2.98. The molecule has 0 spiro atoms. The van der Waals surface area contributed by atoms with Crippen molar-refractivity contribution in [3.05, 3.63) is 24.5 Å². The van der Waals surface area contributed by atoms with Crippen molar-refractivity contribution in [2.75, 3.05) is 0 Å². The molecule has 5 heteroatoms. The Morgan fingerprint density at radius 2 is 2.33 bits per heavy atom. The highest BCUT2D eigenvalue weighted by molar-refractivity contribution is 6.16. The predicted octanol–water partition coefficient (Wildman–Crippen LogP) is 2.07. The summed E-state index contributed by atoms with van der Waals surface area (Å²) in [7, 11) is 0. The number of hydrogen-bond acceptors (Lipinski definition) is 4. The molecule has 2 heterocycles. The van der Waals surface area contributed by atoms with E-state index in [0.29, 0.717) is 11.8 Å². The van der Waals surface area contributed by atoms with Crippen LogP contribution in [0.4, 0.5) is 0 Å². The van der Waals surface area contributed by atoms with Crippen LogP contribution in [0.15, 0.2) is 27.4 Å². The molecule has 0 fully saturated rings. The molecule has 0 N–H and O–H groups in total. The molecule has 0 radical (unpaired) electrons.